The summed E-state index contributed by atoms with van der Waals surface area (Å²) >= 11 is 6.32. The van der Waals surface area contributed by atoms with E-state index >= 15 is 0 Å². The summed E-state index contributed by atoms with van der Waals surface area (Å²) in [5.41, 5.74) is 3.93. The minimum Gasteiger partial charge on any atom is -0.480 e. The maximum atomic E-state index is 6.32. The summed E-state index contributed by atoms with van der Waals surface area (Å²) in [5.74, 6) is 1.40. The highest BCUT2D eigenvalue weighted by Crippen LogP contribution is 2.40. The Hall–Kier alpha value is -2.95. The van der Waals surface area contributed by atoms with E-state index in [4.69, 9.17) is 25.8 Å². The van der Waals surface area contributed by atoms with E-state index in [2.05, 4.69) is 30.4 Å². The van der Waals surface area contributed by atoms with E-state index in [-0.39, 0.29) is 6.10 Å². The summed E-state index contributed by atoms with van der Waals surface area (Å²) in [4.78, 5) is 9.26. The van der Waals surface area contributed by atoms with Crippen LogP contribution in [-0.4, -0.2) is 62.9 Å². The lowest BCUT2D eigenvalue weighted by Crippen LogP contribution is -2.10. The molecule has 4 heterocycles. The molecule has 4 aromatic heterocycles. The van der Waals surface area contributed by atoms with E-state index in [1.165, 1.54) is 7.11 Å². The molecule has 0 aliphatic rings. The molecule has 2 N–H and O–H groups in total. The topological polar surface area (TPSA) is 116 Å². The smallest absolute Gasteiger partial charge is 0.233 e. The second kappa shape index (κ2) is 7.82. The summed E-state index contributed by atoms with van der Waals surface area (Å²) in [6, 6.07) is 1.81. The van der Waals surface area contributed by atoms with E-state index in [1.54, 1.807) is 26.6 Å². The van der Waals surface area contributed by atoms with Gasteiger partial charge in [0.2, 0.25) is 5.88 Å². The lowest BCUT2D eigenvalue weighted by atomic mass is 10.1. The summed E-state index contributed by atoms with van der Waals surface area (Å²) < 4.78 is 17.9. The van der Waals surface area contributed by atoms with Crippen molar-refractivity contribution < 1.29 is 14.2 Å². The molecule has 4 aromatic rings. The van der Waals surface area contributed by atoms with Crippen molar-refractivity contribution in [2.45, 2.75) is 6.10 Å². The number of aromatic nitrogens is 7. The number of nitrogens with one attached hydrogen (secondary N) is 2. The van der Waals surface area contributed by atoms with Gasteiger partial charge in [0, 0.05) is 38.6 Å². The molecule has 0 unspecified atom stereocenters. The molecule has 4 rings (SSSR count). The fourth-order valence-electron chi connectivity index (χ4n) is 3.30. The zero-order valence-corrected chi connectivity index (χ0v) is 17.1. The molecule has 11 heteroatoms. The van der Waals surface area contributed by atoms with Gasteiger partial charge in [0.15, 0.2) is 11.6 Å². The number of H-pyrrole nitrogens is 2. The van der Waals surface area contributed by atoms with E-state index in [9.17, 15) is 0 Å². The van der Waals surface area contributed by atoms with Crippen LogP contribution in [0.25, 0.3) is 33.7 Å². The largest absolute Gasteiger partial charge is 0.480 e. The molecule has 0 aliphatic heterocycles. The SMILES string of the molecule is COC[C@@H](OC)c1nc(-c2c(-c3cn[nH]c3)c3nc(OC)c(Cl)cc3n2C)n[nH]1. The van der Waals surface area contributed by atoms with Crippen LogP contribution in [0.15, 0.2) is 18.5 Å². The van der Waals surface area contributed by atoms with Gasteiger partial charge in [-0.1, -0.05) is 11.6 Å². The summed E-state index contributed by atoms with van der Waals surface area (Å²) in [7, 11) is 6.64. The number of hydrogen-bond donors (Lipinski definition) is 2. The molecule has 0 saturated carbocycles. The number of nitrogens with zero attached hydrogens (tertiary/aromatic N) is 5. The highest BCUT2D eigenvalue weighted by molar-refractivity contribution is 6.32. The third-order valence-corrected chi connectivity index (χ3v) is 4.97. The molecule has 0 bridgehead atoms. The summed E-state index contributed by atoms with van der Waals surface area (Å²) in [5, 5.41) is 14.7. The molecule has 0 aromatic carbocycles. The maximum absolute atomic E-state index is 6.32. The van der Waals surface area contributed by atoms with Gasteiger partial charge in [0.1, 0.15) is 16.6 Å². The first-order chi connectivity index (χ1) is 14.1. The van der Waals surface area contributed by atoms with E-state index in [0.717, 1.165) is 22.3 Å². The average molecular weight is 418 g/mol. The third kappa shape index (κ3) is 3.24. The molecular weight excluding hydrogens is 398 g/mol. The van der Waals surface area contributed by atoms with Crippen LogP contribution in [0.5, 0.6) is 5.88 Å². The monoisotopic (exact) mass is 417 g/mol. The zero-order chi connectivity index (χ0) is 20.5. The molecular formula is C18H20ClN7O3. The Labute approximate surface area is 171 Å². The third-order valence-electron chi connectivity index (χ3n) is 4.70. The lowest BCUT2D eigenvalue weighted by Gasteiger charge is -2.10. The number of aryl methyl sites for hydroxylation is 1. The van der Waals surface area contributed by atoms with Gasteiger partial charge < -0.3 is 18.8 Å². The number of aromatic amines is 2. The van der Waals surface area contributed by atoms with Gasteiger partial charge in [-0.3, -0.25) is 10.2 Å². The number of ether oxygens (including phenoxy) is 3. The fourth-order valence-corrected chi connectivity index (χ4v) is 3.53. The lowest BCUT2D eigenvalue weighted by molar-refractivity contribution is 0.0224. The fraction of sp³-hybridized carbons (Fsp3) is 0.333. The Morgan fingerprint density at radius 3 is 2.72 bits per heavy atom. The predicted octanol–water partition coefficient (Wildman–Crippen LogP) is 2.74. The van der Waals surface area contributed by atoms with Crippen LogP contribution in [0, 0.1) is 0 Å². The van der Waals surface area contributed by atoms with Gasteiger partial charge in [0.25, 0.3) is 0 Å². The molecule has 10 nitrogen and oxygen atoms in total. The molecule has 0 fully saturated rings. The molecule has 152 valence electrons. The Balaban J connectivity index is 1.96. The Kier molecular flexibility index (Phi) is 5.22. The molecule has 0 aliphatic carbocycles. The first kappa shape index (κ1) is 19.4. The standard InChI is InChI=1S/C18H20ClN7O3/c1-26-11-5-10(19)18(29-4)22-14(11)13(9-6-20-21-7-9)15(26)17-23-16(24-25-17)12(28-3)8-27-2/h5-7,12H,8H2,1-4H3,(H,20,21)(H,23,24,25)/t12-/m1/s1. The molecule has 1 atom stereocenters. The minimum atomic E-state index is -0.360. The Bertz CT molecular complexity index is 1140. The quantitative estimate of drug-likeness (QED) is 0.475. The van der Waals surface area contributed by atoms with E-state index in [1.807, 2.05) is 17.7 Å². The number of fused-ring (bicyclic) bond motifs is 1. The predicted molar refractivity (Wildman–Crippen MR) is 107 cm³/mol. The Morgan fingerprint density at radius 2 is 2.07 bits per heavy atom. The van der Waals surface area contributed by atoms with Gasteiger partial charge in [-0.25, -0.2) is 9.97 Å². The van der Waals surface area contributed by atoms with Crippen molar-refractivity contribution >= 4 is 22.6 Å². The number of halogens is 1. The maximum Gasteiger partial charge on any atom is 0.233 e. The number of pyridine rings is 1. The van der Waals surface area contributed by atoms with Crippen molar-refractivity contribution in [1.82, 2.24) is 34.9 Å². The highest BCUT2D eigenvalue weighted by Gasteiger charge is 2.26. The molecule has 0 amide bonds. The summed E-state index contributed by atoms with van der Waals surface area (Å²) in [6.45, 7) is 0.350. The second-order valence-corrected chi connectivity index (χ2v) is 6.75. The van der Waals surface area contributed by atoms with Crippen molar-refractivity contribution in [3.05, 3.63) is 29.3 Å². The van der Waals surface area contributed by atoms with Gasteiger partial charge in [-0.2, -0.15) is 10.2 Å². The van der Waals surface area contributed by atoms with Crippen molar-refractivity contribution in [2.75, 3.05) is 27.9 Å². The van der Waals surface area contributed by atoms with Crippen LogP contribution >= 0.6 is 11.6 Å². The first-order valence-corrected chi connectivity index (χ1v) is 9.13. The number of rotatable bonds is 7. The van der Waals surface area contributed by atoms with Crippen LogP contribution in [0.4, 0.5) is 0 Å². The first-order valence-electron chi connectivity index (χ1n) is 8.75. The zero-order valence-electron chi connectivity index (χ0n) is 16.4. The van der Waals surface area contributed by atoms with E-state index < -0.39 is 0 Å². The average Bonchev–Trinajstić information content (AvgIpc) is 3.45. The van der Waals surface area contributed by atoms with Crippen molar-refractivity contribution in [3.63, 3.8) is 0 Å². The highest BCUT2D eigenvalue weighted by atomic mass is 35.5. The van der Waals surface area contributed by atoms with Crippen molar-refractivity contribution in [1.29, 1.82) is 0 Å². The van der Waals surface area contributed by atoms with E-state index in [0.29, 0.717) is 34.7 Å². The number of methoxy groups -OCH3 is 3. The summed E-state index contributed by atoms with van der Waals surface area (Å²) in [6.07, 6.45) is 3.15. The Morgan fingerprint density at radius 1 is 1.24 bits per heavy atom. The van der Waals surface area contributed by atoms with Crippen LogP contribution in [0.1, 0.15) is 11.9 Å². The normalized spacial score (nSPS) is 12.6. The second-order valence-electron chi connectivity index (χ2n) is 6.34. The van der Waals surface area contributed by atoms with Gasteiger partial charge >= 0.3 is 0 Å². The van der Waals surface area contributed by atoms with Gasteiger partial charge in [-0.05, 0) is 6.07 Å². The van der Waals surface area contributed by atoms with Crippen molar-refractivity contribution in [2.24, 2.45) is 7.05 Å². The van der Waals surface area contributed by atoms with Gasteiger partial charge in [0.05, 0.1) is 31.1 Å². The molecule has 0 radical (unpaired) electrons. The molecule has 0 saturated heterocycles. The van der Waals surface area contributed by atoms with Crippen LogP contribution < -0.4 is 4.74 Å². The van der Waals surface area contributed by atoms with Crippen LogP contribution in [-0.2, 0) is 16.5 Å². The minimum absolute atomic E-state index is 0.344. The van der Waals surface area contributed by atoms with Crippen LogP contribution in [0.2, 0.25) is 5.02 Å². The van der Waals surface area contributed by atoms with Crippen molar-refractivity contribution in [3.8, 4) is 28.5 Å². The van der Waals surface area contributed by atoms with Gasteiger partial charge in [-0.15, -0.1) is 0 Å². The molecule has 0 spiro atoms. The van der Waals surface area contributed by atoms with Crippen LogP contribution in [0.3, 0.4) is 0 Å². The molecule has 29 heavy (non-hydrogen) atoms. The number of hydrogen-bond acceptors (Lipinski definition) is 7.